The van der Waals surface area contributed by atoms with Crippen molar-refractivity contribution in [1.82, 2.24) is 35.1 Å². The molecule has 2 aliphatic rings. The number of carbonyl (C=O) groups is 3. The summed E-state index contributed by atoms with van der Waals surface area (Å²) < 4.78 is 12.3. The number of aromatic nitrogens is 4. The monoisotopic (exact) mass is 835 g/mol. The van der Waals surface area contributed by atoms with Crippen LogP contribution in [0.2, 0.25) is 0 Å². The van der Waals surface area contributed by atoms with Crippen LogP contribution in [-0.4, -0.2) is 90.5 Å². The molecule has 7 aromatic rings. The molecular formula is C47H45N7O6S. The van der Waals surface area contributed by atoms with Gasteiger partial charge in [-0.25, -0.2) is 9.97 Å². The summed E-state index contributed by atoms with van der Waals surface area (Å²) >= 11 is 1.53. The smallest absolute Gasteiger partial charge is 0.255 e. The zero-order chi connectivity index (χ0) is 42.2. The number of likely N-dealkylation sites (tertiary alicyclic amines) is 1. The van der Waals surface area contributed by atoms with Crippen LogP contribution in [0, 0.1) is 12.8 Å². The van der Waals surface area contributed by atoms with Gasteiger partial charge in [0.25, 0.3) is 5.91 Å². The Labute approximate surface area is 356 Å². The minimum atomic E-state index is -0.909. The number of nitrogens with one attached hydrogen (secondary N) is 2. The summed E-state index contributed by atoms with van der Waals surface area (Å²) in [6.07, 6.45) is 4.65. The standard InChI is InChI=1S/C47H45N7O6S/c1-27(2)43(54-24-33-6-4-5-7-35(33)46(54)57)47(58)53-25-34(55)20-40(53)45(56)50-22-32-9-8-30(44-28(3)51-26-61-44)19-41(32)59-16-17-60-42-13-11-31(21-49-42)29-10-12-36-37-23-48-15-14-38(37)52-39(36)18-29/h4-15,18-19,21,23,26-27,34,40,43,52,55H,16-17,20,22,24-25H2,1-3H3,(H,50,56)/t34?,40?,43-/m0/s1. The number of hydrogen-bond donors (Lipinski definition) is 3. The number of H-pyrrole nitrogens is 1. The molecule has 2 unspecified atom stereocenters. The zero-order valence-electron chi connectivity index (χ0n) is 34.0. The third-order valence-corrected chi connectivity index (χ3v) is 12.5. The Bertz CT molecular complexity index is 2770. The average Bonchev–Trinajstić information content (AvgIpc) is 4.06. The Kier molecular flexibility index (Phi) is 11.0. The first kappa shape index (κ1) is 39.8. The van der Waals surface area contributed by atoms with Gasteiger partial charge in [-0.1, -0.05) is 56.3 Å². The lowest BCUT2D eigenvalue weighted by atomic mass is 10.0. The first-order chi connectivity index (χ1) is 29.6. The van der Waals surface area contributed by atoms with Gasteiger partial charge >= 0.3 is 0 Å². The van der Waals surface area contributed by atoms with Gasteiger partial charge in [-0.05, 0) is 59.9 Å². The van der Waals surface area contributed by atoms with Crippen molar-refractivity contribution < 1.29 is 29.0 Å². The molecule has 0 bridgehead atoms. The topological polar surface area (TPSA) is 163 Å². The number of ether oxygens (including phenoxy) is 2. The normalized spacial score (nSPS) is 16.7. The van der Waals surface area contributed by atoms with E-state index in [-0.39, 0.29) is 50.5 Å². The summed E-state index contributed by atoms with van der Waals surface area (Å²) in [5.41, 5.74) is 9.85. The van der Waals surface area contributed by atoms with Gasteiger partial charge in [0.15, 0.2) is 0 Å². The Balaban J connectivity index is 0.856. The summed E-state index contributed by atoms with van der Waals surface area (Å²) in [6.45, 7) is 6.59. The fourth-order valence-corrected chi connectivity index (χ4v) is 9.27. The van der Waals surface area contributed by atoms with E-state index in [0.717, 1.165) is 60.2 Å². The number of carbonyl (C=O) groups excluding carboxylic acids is 3. The summed E-state index contributed by atoms with van der Waals surface area (Å²) in [7, 11) is 0. The van der Waals surface area contributed by atoms with Crippen molar-refractivity contribution >= 4 is 50.9 Å². The first-order valence-corrected chi connectivity index (χ1v) is 21.3. The van der Waals surface area contributed by atoms with E-state index in [9.17, 15) is 19.5 Å². The summed E-state index contributed by atoms with van der Waals surface area (Å²) in [4.78, 5) is 62.3. The summed E-state index contributed by atoms with van der Waals surface area (Å²) in [6, 6.07) is 23.5. The molecule has 61 heavy (non-hydrogen) atoms. The molecule has 9 rings (SSSR count). The molecule has 1 fully saturated rings. The molecular weight excluding hydrogens is 791 g/mol. The highest BCUT2D eigenvalue weighted by Gasteiger charge is 2.45. The molecule has 3 atom stereocenters. The molecule has 1 saturated heterocycles. The number of aromatic amines is 1. The van der Waals surface area contributed by atoms with Crippen molar-refractivity contribution in [2.75, 3.05) is 19.8 Å². The summed E-state index contributed by atoms with van der Waals surface area (Å²) in [5.74, 6) is -0.156. The van der Waals surface area contributed by atoms with Gasteiger partial charge in [-0.2, -0.15) is 0 Å². The van der Waals surface area contributed by atoms with E-state index >= 15 is 0 Å². The van der Waals surface area contributed by atoms with E-state index < -0.39 is 24.1 Å². The Hall–Kier alpha value is -6.64. The number of hydrogen-bond acceptors (Lipinski definition) is 10. The minimum Gasteiger partial charge on any atom is -0.490 e. The molecule has 6 heterocycles. The van der Waals surface area contributed by atoms with E-state index in [2.05, 4.69) is 43.5 Å². The predicted molar refractivity (Wildman–Crippen MR) is 233 cm³/mol. The second kappa shape index (κ2) is 16.8. The summed E-state index contributed by atoms with van der Waals surface area (Å²) in [5, 5.41) is 16.0. The molecule has 3 amide bonds. The Morgan fingerprint density at radius 1 is 0.934 bits per heavy atom. The first-order valence-electron chi connectivity index (χ1n) is 20.4. The van der Waals surface area contributed by atoms with E-state index in [1.54, 1.807) is 28.9 Å². The molecule has 2 aliphatic heterocycles. The SMILES string of the molecule is Cc1ncsc1-c1ccc(CNC(=O)C2CC(O)CN2C(=O)[C@H](C(C)C)N2Cc3ccccc3C2=O)c(OCCOc2ccc(-c3ccc4c(c3)[nH]c3ccncc34)cn2)c1. The van der Waals surface area contributed by atoms with E-state index in [1.807, 2.05) is 81.6 Å². The van der Waals surface area contributed by atoms with Crippen LogP contribution in [0.5, 0.6) is 11.6 Å². The average molecular weight is 836 g/mol. The zero-order valence-corrected chi connectivity index (χ0v) is 34.8. The number of aliphatic hydroxyl groups excluding tert-OH is 1. The van der Waals surface area contributed by atoms with Crippen molar-refractivity contribution in [1.29, 1.82) is 0 Å². The fraction of sp³-hybridized carbons (Fsp3) is 0.277. The van der Waals surface area contributed by atoms with Crippen molar-refractivity contribution in [2.24, 2.45) is 5.92 Å². The van der Waals surface area contributed by atoms with E-state index in [1.165, 1.54) is 16.2 Å². The molecule has 13 nitrogen and oxygen atoms in total. The number of rotatable bonds is 13. The number of pyridine rings is 2. The van der Waals surface area contributed by atoms with Gasteiger partial charge in [0.05, 0.1) is 22.2 Å². The molecule has 4 aromatic heterocycles. The largest absolute Gasteiger partial charge is 0.490 e. The molecule has 0 aliphatic carbocycles. The number of aliphatic hydroxyl groups is 1. The molecule has 3 aromatic carbocycles. The van der Waals surface area contributed by atoms with Crippen molar-refractivity contribution in [3.63, 3.8) is 0 Å². The maximum atomic E-state index is 14.2. The van der Waals surface area contributed by atoms with Crippen molar-refractivity contribution in [2.45, 2.75) is 58.5 Å². The molecule has 0 saturated carbocycles. The van der Waals surface area contributed by atoms with Crippen LogP contribution in [-0.2, 0) is 22.7 Å². The van der Waals surface area contributed by atoms with Crippen LogP contribution in [0.1, 0.15) is 47.4 Å². The lowest BCUT2D eigenvalue weighted by Gasteiger charge is -2.35. The number of benzene rings is 3. The van der Waals surface area contributed by atoms with Crippen molar-refractivity contribution in [3.8, 4) is 33.2 Å². The van der Waals surface area contributed by atoms with Crippen LogP contribution >= 0.6 is 11.3 Å². The third kappa shape index (κ3) is 7.91. The fourth-order valence-electron chi connectivity index (χ4n) is 8.47. The van der Waals surface area contributed by atoms with Crippen molar-refractivity contribution in [3.05, 3.63) is 125 Å². The highest BCUT2D eigenvalue weighted by atomic mass is 32.1. The predicted octanol–water partition coefficient (Wildman–Crippen LogP) is 6.93. The number of nitrogens with zero attached hydrogens (tertiary/aromatic N) is 5. The van der Waals surface area contributed by atoms with Crippen LogP contribution < -0.4 is 14.8 Å². The van der Waals surface area contributed by atoms with Gasteiger partial charge in [-0.15, -0.1) is 11.3 Å². The lowest BCUT2D eigenvalue weighted by molar-refractivity contribution is -0.143. The number of thiazole rings is 1. The van der Waals surface area contributed by atoms with E-state index in [0.29, 0.717) is 23.7 Å². The van der Waals surface area contributed by atoms with E-state index in [4.69, 9.17) is 9.47 Å². The van der Waals surface area contributed by atoms with Gasteiger partial charge in [0.1, 0.15) is 31.0 Å². The second-order valence-electron chi connectivity index (χ2n) is 15.9. The van der Waals surface area contributed by atoms with Crippen LogP contribution in [0.15, 0.2) is 103 Å². The highest BCUT2D eigenvalue weighted by molar-refractivity contribution is 7.13. The van der Waals surface area contributed by atoms with Gasteiger partial charge in [0.2, 0.25) is 17.7 Å². The Morgan fingerprint density at radius 2 is 1.75 bits per heavy atom. The Morgan fingerprint density at radius 3 is 2.54 bits per heavy atom. The highest BCUT2D eigenvalue weighted by Crippen LogP contribution is 2.34. The maximum absolute atomic E-state index is 14.2. The molecule has 310 valence electrons. The van der Waals surface area contributed by atoms with Gasteiger partial charge < -0.3 is 34.7 Å². The molecule has 0 radical (unpaired) electrons. The number of aryl methyl sites for hydroxylation is 1. The third-order valence-electron chi connectivity index (χ3n) is 11.5. The minimum absolute atomic E-state index is 0.00279. The molecule has 3 N–H and O–H groups in total. The maximum Gasteiger partial charge on any atom is 0.255 e. The second-order valence-corrected chi connectivity index (χ2v) is 16.7. The van der Waals surface area contributed by atoms with Crippen LogP contribution in [0.3, 0.4) is 0 Å². The van der Waals surface area contributed by atoms with Gasteiger partial charge in [0, 0.05) is 89.2 Å². The van der Waals surface area contributed by atoms with Gasteiger partial charge in [-0.3, -0.25) is 19.4 Å². The molecule has 14 heteroatoms. The molecule has 0 spiro atoms. The quantitative estimate of drug-likeness (QED) is 0.105. The lowest BCUT2D eigenvalue weighted by Crippen LogP contribution is -2.55. The van der Waals surface area contributed by atoms with Crippen LogP contribution in [0.25, 0.3) is 43.4 Å². The number of β-amino-alcohol motifs (C(OH)–C–C–N with tert-alkyl or cyclic N) is 1. The number of fused-ring (bicyclic) bond motifs is 4. The van der Waals surface area contributed by atoms with Crippen LogP contribution in [0.4, 0.5) is 0 Å². The number of amides is 3.